The van der Waals surface area contributed by atoms with E-state index in [1.807, 2.05) is 6.92 Å². The molecule has 0 heterocycles. The third kappa shape index (κ3) is 3.79. The fourth-order valence-corrected chi connectivity index (χ4v) is 1.65. The van der Waals surface area contributed by atoms with Crippen LogP contribution in [0.4, 0.5) is 8.78 Å². The Morgan fingerprint density at radius 1 is 1.35 bits per heavy atom. The highest BCUT2D eigenvalue weighted by Crippen LogP contribution is 2.15. The Morgan fingerprint density at radius 3 is 2.41 bits per heavy atom. The van der Waals surface area contributed by atoms with Crippen molar-refractivity contribution in [1.82, 2.24) is 5.32 Å². The van der Waals surface area contributed by atoms with Crippen molar-refractivity contribution in [2.75, 3.05) is 0 Å². The van der Waals surface area contributed by atoms with E-state index in [1.165, 1.54) is 0 Å². The molecule has 0 spiro atoms. The zero-order chi connectivity index (χ0) is 12.8. The lowest BCUT2D eigenvalue weighted by atomic mass is 10.1. The predicted octanol–water partition coefficient (Wildman–Crippen LogP) is 3.11. The Kier molecular flexibility index (Phi) is 5.05. The van der Waals surface area contributed by atoms with Gasteiger partial charge < -0.3 is 5.32 Å². The van der Waals surface area contributed by atoms with E-state index in [2.05, 4.69) is 12.2 Å². The molecule has 0 aliphatic carbocycles. The van der Waals surface area contributed by atoms with Crippen molar-refractivity contribution in [2.24, 2.45) is 0 Å². The van der Waals surface area contributed by atoms with E-state index in [4.69, 9.17) is 5.26 Å². The van der Waals surface area contributed by atoms with Crippen LogP contribution in [0.15, 0.2) is 12.1 Å². The van der Waals surface area contributed by atoms with Crippen LogP contribution in [0.5, 0.6) is 0 Å². The van der Waals surface area contributed by atoms with Gasteiger partial charge in [0.2, 0.25) is 0 Å². The summed E-state index contributed by atoms with van der Waals surface area (Å²) in [4.78, 5) is 0. The molecular formula is C13H16F2N2. The fourth-order valence-electron chi connectivity index (χ4n) is 1.65. The molecule has 1 rings (SSSR count). The molecule has 0 radical (unpaired) electrons. The van der Waals surface area contributed by atoms with Gasteiger partial charge in [-0.05, 0) is 25.5 Å². The Labute approximate surface area is 100 Å². The molecule has 0 aliphatic heterocycles. The van der Waals surface area contributed by atoms with Gasteiger partial charge in [0.05, 0.1) is 11.6 Å². The van der Waals surface area contributed by atoms with Gasteiger partial charge in [-0.25, -0.2) is 8.78 Å². The third-order valence-electron chi connectivity index (χ3n) is 2.62. The first-order valence-electron chi connectivity index (χ1n) is 5.69. The lowest BCUT2D eigenvalue weighted by Crippen LogP contribution is -2.26. The summed E-state index contributed by atoms with van der Waals surface area (Å²) in [5, 5.41) is 11.6. The van der Waals surface area contributed by atoms with Crippen molar-refractivity contribution in [3.05, 3.63) is 34.9 Å². The van der Waals surface area contributed by atoms with Gasteiger partial charge in [0, 0.05) is 18.2 Å². The molecule has 1 N–H and O–H groups in total. The standard InChI is InChI=1S/C13H16F2N2/c1-3-4-9(2)17-8-11-12(14)5-10(7-16)6-13(11)15/h5-6,9,17H,3-4,8H2,1-2H3. The number of rotatable bonds is 5. The summed E-state index contributed by atoms with van der Waals surface area (Å²) in [6.07, 6.45) is 1.98. The average molecular weight is 238 g/mol. The summed E-state index contributed by atoms with van der Waals surface area (Å²) < 4.78 is 27.0. The Morgan fingerprint density at radius 2 is 1.94 bits per heavy atom. The first-order chi connectivity index (χ1) is 8.08. The Balaban J connectivity index is 2.75. The van der Waals surface area contributed by atoms with E-state index in [0.29, 0.717) is 0 Å². The molecule has 4 heteroatoms. The largest absolute Gasteiger partial charge is 0.310 e. The van der Waals surface area contributed by atoms with Gasteiger partial charge in [0.15, 0.2) is 0 Å². The molecule has 0 bridgehead atoms. The van der Waals surface area contributed by atoms with Crippen molar-refractivity contribution in [3.8, 4) is 6.07 Å². The highest BCUT2D eigenvalue weighted by atomic mass is 19.1. The molecule has 0 saturated heterocycles. The van der Waals surface area contributed by atoms with Crippen LogP contribution < -0.4 is 5.32 Å². The first-order valence-corrected chi connectivity index (χ1v) is 5.69. The van der Waals surface area contributed by atoms with Crippen molar-refractivity contribution in [2.45, 2.75) is 39.3 Å². The second-order valence-corrected chi connectivity index (χ2v) is 4.10. The molecule has 17 heavy (non-hydrogen) atoms. The zero-order valence-corrected chi connectivity index (χ0v) is 10.1. The topological polar surface area (TPSA) is 35.8 Å². The summed E-state index contributed by atoms with van der Waals surface area (Å²) in [6, 6.07) is 4.06. The SMILES string of the molecule is CCCC(C)NCc1c(F)cc(C#N)cc1F. The Hall–Kier alpha value is -1.47. The van der Waals surface area contributed by atoms with Crippen LogP contribution in [-0.2, 0) is 6.54 Å². The maximum Gasteiger partial charge on any atom is 0.131 e. The number of halogens is 2. The van der Waals surface area contributed by atoms with Gasteiger partial charge in [-0.2, -0.15) is 5.26 Å². The van der Waals surface area contributed by atoms with Crippen LogP contribution >= 0.6 is 0 Å². The van der Waals surface area contributed by atoms with E-state index in [9.17, 15) is 8.78 Å². The zero-order valence-electron chi connectivity index (χ0n) is 10.1. The number of benzene rings is 1. The number of hydrogen-bond donors (Lipinski definition) is 1. The van der Waals surface area contributed by atoms with Gasteiger partial charge in [0.1, 0.15) is 11.6 Å². The summed E-state index contributed by atoms with van der Waals surface area (Å²) >= 11 is 0. The molecule has 0 aliphatic rings. The summed E-state index contributed by atoms with van der Waals surface area (Å²) in [5.74, 6) is -1.34. The van der Waals surface area contributed by atoms with E-state index < -0.39 is 11.6 Å². The maximum atomic E-state index is 13.5. The summed E-state index contributed by atoms with van der Waals surface area (Å²) in [5.41, 5.74) is -0.00249. The van der Waals surface area contributed by atoms with Crippen molar-refractivity contribution in [3.63, 3.8) is 0 Å². The van der Waals surface area contributed by atoms with E-state index in [1.54, 1.807) is 6.07 Å². The number of nitriles is 1. The third-order valence-corrected chi connectivity index (χ3v) is 2.62. The van der Waals surface area contributed by atoms with Crippen molar-refractivity contribution in [1.29, 1.82) is 5.26 Å². The van der Waals surface area contributed by atoms with E-state index in [0.717, 1.165) is 25.0 Å². The van der Waals surface area contributed by atoms with Crippen molar-refractivity contribution >= 4 is 0 Å². The molecular weight excluding hydrogens is 222 g/mol. The smallest absolute Gasteiger partial charge is 0.131 e. The van der Waals surface area contributed by atoms with Crippen LogP contribution in [0.25, 0.3) is 0 Å². The number of hydrogen-bond acceptors (Lipinski definition) is 2. The fraction of sp³-hybridized carbons (Fsp3) is 0.462. The Bertz CT molecular complexity index is 401. The van der Waals surface area contributed by atoms with Gasteiger partial charge >= 0.3 is 0 Å². The van der Waals surface area contributed by atoms with Gasteiger partial charge in [-0.3, -0.25) is 0 Å². The molecule has 1 unspecified atom stereocenters. The molecule has 92 valence electrons. The highest BCUT2D eigenvalue weighted by molar-refractivity contribution is 5.34. The second kappa shape index (κ2) is 6.31. The molecule has 1 aromatic rings. The predicted molar refractivity (Wildman–Crippen MR) is 62.3 cm³/mol. The van der Waals surface area contributed by atoms with Crippen LogP contribution in [0, 0.1) is 23.0 Å². The molecule has 1 atom stereocenters. The minimum absolute atomic E-state index is 0.00496. The number of nitrogens with zero attached hydrogens (tertiary/aromatic N) is 1. The number of nitrogens with one attached hydrogen (secondary N) is 1. The average Bonchev–Trinajstić information content (AvgIpc) is 2.28. The quantitative estimate of drug-likeness (QED) is 0.855. The maximum absolute atomic E-state index is 13.5. The summed E-state index contributed by atoms with van der Waals surface area (Å²) in [6.45, 7) is 4.18. The second-order valence-electron chi connectivity index (χ2n) is 4.10. The van der Waals surface area contributed by atoms with Gasteiger partial charge in [0.25, 0.3) is 0 Å². The molecule has 0 saturated carbocycles. The van der Waals surface area contributed by atoms with Crippen molar-refractivity contribution < 1.29 is 8.78 Å². The monoisotopic (exact) mass is 238 g/mol. The highest BCUT2D eigenvalue weighted by Gasteiger charge is 2.11. The van der Waals surface area contributed by atoms with Crippen LogP contribution in [-0.4, -0.2) is 6.04 Å². The van der Waals surface area contributed by atoms with Crippen LogP contribution in [0.1, 0.15) is 37.8 Å². The summed E-state index contributed by atoms with van der Waals surface area (Å²) in [7, 11) is 0. The van der Waals surface area contributed by atoms with E-state index >= 15 is 0 Å². The normalized spacial score (nSPS) is 12.2. The minimum Gasteiger partial charge on any atom is -0.310 e. The lowest BCUT2D eigenvalue weighted by Gasteiger charge is -2.13. The van der Waals surface area contributed by atoms with Gasteiger partial charge in [-0.15, -0.1) is 0 Å². The lowest BCUT2D eigenvalue weighted by molar-refractivity contribution is 0.478. The minimum atomic E-state index is -0.669. The molecule has 1 aromatic carbocycles. The molecule has 2 nitrogen and oxygen atoms in total. The molecule has 0 amide bonds. The van der Waals surface area contributed by atoms with Crippen LogP contribution in [0.2, 0.25) is 0 Å². The first kappa shape index (κ1) is 13.6. The van der Waals surface area contributed by atoms with E-state index in [-0.39, 0.29) is 23.7 Å². The molecule has 0 fully saturated rings. The molecule has 0 aromatic heterocycles. The van der Waals surface area contributed by atoms with Gasteiger partial charge in [-0.1, -0.05) is 13.3 Å². The van der Waals surface area contributed by atoms with Crippen LogP contribution in [0.3, 0.4) is 0 Å².